The minimum Gasteiger partial charge on any atom is -0.303 e. The molecule has 12 heteroatoms. The number of halogens is 7. The van der Waals surface area contributed by atoms with Crippen LogP contribution in [0.3, 0.4) is 0 Å². The predicted molar refractivity (Wildman–Crippen MR) is 43.2 cm³/mol. The Hall–Kier alpha value is -0.380. The molecule has 0 aliphatic carbocycles. The molecule has 0 aliphatic heterocycles. The molecule has 0 saturated heterocycles. The van der Waals surface area contributed by atoms with Gasteiger partial charge < -0.3 is 9.79 Å². The van der Waals surface area contributed by atoms with E-state index in [9.17, 15) is 35.3 Å². The van der Waals surface area contributed by atoms with E-state index in [-0.39, 0.29) is 0 Å². The maximum absolute atomic E-state index is 12.9. The Morgan fingerprint density at radius 1 is 0.944 bits per heavy atom. The minimum atomic E-state index is -6.17. The molecular formula is C6H8F7O4P. The van der Waals surface area contributed by atoms with Crippen molar-refractivity contribution in [3.8, 4) is 0 Å². The average molecular weight is 308 g/mol. The van der Waals surface area contributed by atoms with Crippen LogP contribution < -0.4 is 0 Å². The summed E-state index contributed by atoms with van der Waals surface area (Å²) in [6, 6.07) is 0. The van der Waals surface area contributed by atoms with Gasteiger partial charge in [0.1, 0.15) is 0 Å². The molecule has 0 aliphatic rings. The molecule has 0 atom stereocenters. The Morgan fingerprint density at radius 2 is 1.33 bits per heavy atom. The van der Waals surface area contributed by atoms with E-state index in [1.54, 1.807) is 0 Å². The molecule has 110 valence electrons. The van der Waals surface area contributed by atoms with Crippen LogP contribution in [0.1, 0.15) is 12.8 Å². The highest BCUT2D eigenvalue weighted by Gasteiger charge is 2.71. The van der Waals surface area contributed by atoms with Crippen molar-refractivity contribution in [3.63, 3.8) is 0 Å². The van der Waals surface area contributed by atoms with Crippen LogP contribution in [0.2, 0.25) is 0 Å². The molecule has 0 unspecified atom stereocenters. The summed E-state index contributed by atoms with van der Waals surface area (Å²) in [6.07, 6.45) is -15.6. The van der Waals surface area contributed by atoms with Gasteiger partial charge in [0.25, 0.3) is 5.67 Å². The molecule has 4 nitrogen and oxygen atoms in total. The lowest BCUT2D eigenvalue weighted by Crippen LogP contribution is -2.53. The van der Waals surface area contributed by atoms with E-state index in [1.165, 1.54) is 0 Å². The zero-order chi connectivity index (χ0) is 14.8. The van der Waals surface area contributed by atoms with Gasteiger partial charge >= 0.3 is 20.2 Å². The van der Waals surface area contributed by atoms with Crippen molar-refractivity contribution in [1.82, 2.24) is 0 Å². The van der Waals surface area contributed by atoms with Gasteiger partial charge in [0.05, 0.1) is 6.61 Å². The zero-order valence-corrected chi connectivity index (χ0v) is 9.32. The van der Waals surface area contributed by atoms with Crippen molar-refractivity contribution in [1.29, 1.82) is 0 Å². The summed E-state index contributed by atoms with van der Waals surface area (Å²) in [4.78, 5) is 16.2. The molecule has 18 heavy (non-hydrogen) atoms. The zero-order valence-electron chi connectivity index (χ0n) is 8.43. The van der Waals surface area contributed by atoms with Crippen LogP contribution in [0.25, 0.3) is 0 Å². The normalized spacial score (nSPS) is 14.9. The van der Waals surface area contributed by atoms with Gasteiger partial charge in [-0.15, -0.1) is 0 Å². The van der Waals surface area contributed by atoms with Gasteiger partial charge in [0.15, 0.2) is 0 Å². The number of phosphoric acid groups is 1. The summed E-state index contributed by atoms with van der Waals surface area (Å²) in [5.74, 6) is 0. The fourth-order valence-electron chi connectivity index (χ4n) is 0.943. The first-order valence-corrected chi connectivity index (χ1v) is 5.76. The topological polar surface area (TPSA) is 66.8 Å². The predicted octanol–water partition coefficient (Wildman–Crippen LogP) is 2.71. The highest BCUT2D eigenvalue weighted by atomic mass is 31.2. The Labute approximate surface area is 96.0 Å². The molecule has 0 radical (unpaired) electrons. The Kier molecular flexibility index (Phi) is 5.20. The largest absolute Gasteiger partial charge is 0.469 e. The first-order valence-electron chi connectivity index (χ1n) is 4.23. The molecule has 0 saturated carbocycles. The van der Waals surface area contributed by atoms with Gasteiger partial charge in [-0.1, -0.05) is 0 Å². The fourth-order valence-corrected chi connectivity index (χ4v) is 1.31. The smallest absolute Gasteiger partial charge is 0.303 e. The fraction of sp³-hybridized carbons (Fsp3) is 1.00. The molecule has 0 rings (SSSR count). The number of alkyl halides is 7. The summed E-state index contributed by atoms with van der Waals surface area (Å²) < 4.78 is 98.5. The molecule has 0 fully saturated rings. The van der Waals surface area contributed by atoms with Crippen molar-refractivity contribution in [2.45, 2.75) is 30.9 Å². The quantitative estimate of drug-likeness (QED) is 0.465. The van der Waals surface area contributed by atoms with Crippen LogP contribution in [-0.2, 0) is 9.09 Å². The van der Waals surface area contributed by atoms with Crippen molar-refractivity contribution < 1.29 is 49.6 Å². The van der Waals surface area contributed by atoms with Crippen LogP contribution in [0.15, 0.2) is 0 Å². The molecule has 0 spiro atoms. The van der Waals surface area contributed by atoms with Gasteiger partial charge in [-0.25, -0.2) is 8.96 Å². The van der Waals surface area contributed by atoms with E-state index in [4.69, 9.17) is 9.79 Å². The van der Waals surface area contributed by atoms with Gasteiger partial charge in [-0.05, 0) is 6.42 Å². The van der Waals surface area contributed by atoms with Gasteiger partial charge in [0, 0.05) is 6.42 Å². The first kappa shape index (κ1) is 17.6. The number of phosphoric ester groups is 1. The molecular weight excluding hydrogens is 300 g/mol. The lowest BCUT2D eigenvalue weighted by Gasteiger charge is -2.29. The third-order valence-corrected chi connectivity index (χ3v) is 2.34. The monoisotopic (exact) mass is 308 g/mol. The summed E-state index contributed by atoms with van der Waals surface area (Å²) in [5.41, 5.74) is -5.43. The lowest BCUT2D eigenvalue weighted by molar-refractivity contribution is -0.343. The number of hydrogen-bond donors (Lipinski definition) is 2. The maximum Gasteiger partial charge on any atom is 0.469 e. The Bertz CT molecular complexity index is 305. The van der Waals surface area contributed by atoms with E-state index in [1.807, 2.05) is 0 Å². The third kappa shape index (κ3) is 4.71. The summed E-state index contributed by atoms with van der Waals surface area (Å²) in [7, 11) is -5.01. The van der Waals surface area contributed by atoms with Crippen molar-refractivity contribution in [2.75, 3.05) is 6.61 Å². The summed E-state index contributed by atoms with van der Waals surface area (Å²) in [5, 5.41) is 0. The number of hydrogen-bond acceptors (Lipinski definition) is 2. The van der Waals surface area contributed by atoms with Crippen LogP contribution in [0, 0.1) is 0 Å². The van der Waals surface area contributed by atoms with Crippen LogP contribution in [0.5, 0.6) is 0 Å². The van der Waals surface area contributed by atoms with Gasteiger partial charge in [-0.2, -0.15) is 26.3 Å². The minimum absolute atomic E-state index is 1.14. The Balaban J connectivity index is 4.62. The second-order valence-corrected chi connectivity index (χ2v) is 4.46. The van der Waals surface area contributed by atoms with Gasteiger partial charge in [-0.3, -0.25) is 4.52 Å². The number of rotatable bonds is 5. The van der Waals surface area contributed by atoms with Gasteiger partial charge in [0.2, 0.25) is 0 Å². The van der Waals surface area contributed by atoms with Crippen molar-refractivity contribution >= 4 is 7.82 Å². The molecule has 0 aromatic carbocycles. The summed E-state index contributed by atoms with van der Waals surface area (Å²) >= 11 is 0. The molecule has 2 N–H and O–H groups in total. The molecule has 0 heterocycles. The molecule has 0 aromatic heterocycles. The van der Waals surface area contributed by atoms with Crippen LogP contribution in [-0.4, -0.2) is 34.4 Å². The first-order chi connectivity index (χ1) is 7.71. The van der Waals surface area contributed by atoms with E-state index in [2.05, 4.69) is 4.52 Å². The van der Waals surface area contributed by atoms with E-state index < -0.39 is 45.3 Å². The Morgan fingerprint density at radius 3 is 1.61 bits per heavy atom. The summed E-state index contributed by atoms with van der Waals surface area (Å²) in [6.45, 7) is -1.14. The highest BCUT2D eigenvalue weighted by molar-refractivity contribution is 7.46. The van der Waals surface area contributed by atoms with Crippen LogP contribution in [0.4, 0.5) is 30.7 Å². The SMILES string of the molecule is O=P(O)(O)OCCCC(F)(C(F)(F)F)C(F)(F)F. The second kappa shape index (κ2) is 5.32. The van der Waals surface area contributed by atoms with E-state index in [0.29, 0.717) is 0 Å². The van der Waals surface area contributed by atoms with E-state index in [0.717, 1.165) is 0 Å². The maximum atomic E-state index is 12.9. The lowest BCUT2D eigenvalue weighted by atomic mass is 9.98. The van der Waals surface area contributed by atoms with Crippen LogP contribution >= 0.6 is 7.82 Å². The van der Waals surface area contributed by atoms with Crippen molar-refractivity contribution in [2.24, 2.45) is 0 Å². The average Bonchev–Trinajstić information content (AvgIpc) is 2.06. The highest BCUT2D eigenvalue weighted by Crippen LogP contribution is 2.49. The molecule has 0 aromatic rings. The standard InChI is InChI=1S/C6H8F7O4P/c7-4(5(8,9)10,6(11,12)13)2-1-3-17-18(14,15)16/h1-3H2,(H2,14,15,16). The molecule has 0 amide bonds. The molecule has 0 bridgehead atoms. The third-order valence-electron chi connectivity index (χ3n) is 1.82. The van der Waals surface area contributed by atoms with E-state index >= 15 is 0 Å². The second-order valence-electron chi connectivity index (χ2n) is 3.22. The van der Waals surface area contributed by atoms with Crippen molar-refractivity contribution in [3.05, 3.63) is 0 Å².